The maximum Gasteiger partial charge on any atom is 0.309 e. The Kier molecular flexibility index (Phi) is 6.70. The van der Waals surface area contributed by atoms with Crippen molar-refractivity contribution in [2.75, 3.05) is 7.11 Å². The van der Waals surface area contributed by atoms with Gasteiger partial charge in [-0.25, -0.2) is 0 Å². The molecule has 198 valence electrons. The van der Waals surface area contributed by atoms with Crippen LogP contribution >= 0.6 is 0 Å². The molecule has 6 rings (SSSR count). The van der Waals surface area contributed by atoms with E-state index in [9.17, 15) is 4.79 Å². The fourth-order valence-electron chi connectivity index (χ4n) is 5.27. The van der Waals surface area contributed by atoms with Crippen LogP contribution in [-0.2, 0) is 16.0 Å². The molecule has 40 heavy (non-hydrogen) atoms. The Hall–Kier alpha value is -5.04. The Morgan fingerprint density at radius 1 is 0.950 bits per heavy atom. The van der Waals surface area contributed by atoms with Crippen molar-refractivity contribution in [2.24, 2.45) is 0 Å². The number of esters is 1. The quantitative estimate of drug-likeness (QED) is 0.214. The minimum atomic E-state index is -0.265. The molecule has 4 heterocycles. The van der Waals surface area contributed by atoms with E-state index in [0.717, 1.165) is 61.6 Å². The number of nitrogens with zero attached hydrogens (tertiary/aromatic N) is 4. The SMILES string of the molecule is COC(=O)Cc1ccc(-c2cn(C(c3ccccc3)c3ccccn3)c3cc(-c4c(C)noc4C)cnc23)cc1. The molecule has 0 radical (unpaired) electrons. The van der Waals surface area contributed by atoms with E-state index >= 15 is 0 Å². The van der Waals surface area contributed by atoms with Crippen LogP contribution in [0.15, 0.2) is 102 Å². The van der Waals surface area contributed by atoms with Gasteiger partial charge in [0, 0.05) is 35.3 Å². The van der Waals surface area contributed by atoms with Gasteiger partial charge in [-0.15, -0.1) is 0 Å². The Bertz CT molecular complexity index is 1730. The number of methoxy groups -OCH3 is 1. The zero-order valence-electron chi connectivity index (χ0n) is 22.5. The summed E-state index contributed by atoms with van der Waals surface area (Å²) in [4.78, 5) is 21.5. The molecule has 4 aromatic heterocycles. The summed E-state index contributed by atoms with van der Waals surface area (Å²) < 4.78 is 12.6. The monoisotopic (exact) mass is 528 g/mol. The van der Waals surface area contributed by atoms with Gasteiger partial charge in [0.15, 0.2) is 0 Å². The van der Waals surface area contributed by atoms with Crippen molar-refractivity contribution in [1.82, 2.24) is 19.7 Å². The lowest BCUT2D eigenvalue weighted by Gasteiger charge is -2.20. The Morgan fingerprint density at radius 2 is 1.73 bits per heavy atom. The summed E-state index contributed by atoms with van der Waals surface area (Å²) in [7, 11) is 1.40. The molecule has 0 fully saturated rings. The summed E-state index contributed by atoms with van der Waals surface area (Å²) in [5, 5.41) is 4.16. The van der Waals surface area contributed by atoms with E-state index in [-0.39, 0.29) is 18.4 Å². The van der Waals surface area contributed by atoms with E-state index in [1.165, 1.54) is 7.11 Å². The Morgan fingerprint density at radius 3 is 2.40 bits per heavy atom. The lowest BCUT2D eigenvalue weighted by atomic mass is 10.0. The van der Waals surface area contributed by atoms with Gasteiger partial charge in [-0.1, -0.05) is 65.8 Å². The standard InChI is InChI=1S/C33H28N4O3/c1-21-31(22(2)40-36-21)26-18-29-32(35-19-26)27(24-14-12-23(13-15-24)17-30(38)39-3)20-37(29)33(25-9-5-4-6-10-25)28-11-7-8-16-34-28/h4-16,18-20,33H,17H2,1-3H3. The average molecular weight is 529 g/mol. The Labute approximate surface area is 232 Å². The molecule has 0 spiro atoms. The van der Waals surface area contributed by atoms with Crippen molar-refractivity contribution < 1.29 is 14.1 Å². The van der Waals surface area contributed by atoms with Gasteiger partial charge in [0.1, 0.15) is 11.8 Å². The van der Waals surface area contributed by atoms with Gasteiger partial charge in [0.25, 0.3) is 0 Å². The number of carbonyl (C=O) groups excluding carboxylic acids is 1. The van der Waals surface area contributed by atoms with E-state index < -0.39 is 0 Å². The highest BCUT2D eigenvalue weighted by atomic mass is 16.5. The van der Waals surface area contributed by atoms with Crippen molar-refractivity contribution in [3.05, 3.63) is 126 Å². The first-order valence-corrected chi connectivity index (χ1v) is 13.1. The summed E-state index contributed by atoms with van der Waals surface area (Å²) in [6, 6.07) is 26.3. The third kappa shape index (κ3) is 4.66. The highest BCUT2D eigenvalue weighted by Crippen LogP contribution is 2.38. The van der Waals surface area contributed by atoms with Gasteiger partial charge < -0.3 is 13.8 Å². The maximum absolute atomic E-state index is 11.8. The van der Waals surface area contributed by atoms with E-state index in [0.29, 0.717) is 0 Å². The molecule has 7 heteroatoms. The lowest BCUT2D eigenvalue weighted by Crippen LogP contribution is -2.13. The van der Waals surface area contributed by atoms with Gasteiger partial charge in [-0.2, -0.15) is 0 Å². The van der Waals surface area contributed by atoms with E-state index in [2.05, 4.69) is 40.2 Å². The highest BCUT2D eigenvalue weighted by Gasteiger charge is 2.24. The summed E-state index contributed by atoms with van der Waals surface area (Å²) >= 11 is 0. The summed E-state index contributed by atoms with van der Waals surface area (Å²) in [6.07, 6.45) is 6.09. The number of aromatic nitrogens is 4. The van der Waals surface area contributed by atoms with Crippen LogP contribution in [0.2, 0.25) is 0 Å². The molecular formula is C33H28N4O3. The van der Waals surface area contributed by atoms with Crippen LogP contribution in [0, 0.1) is 13.8 Å². The Balaban J connectivity index is 1.58. The van der Waals surface area contributed by atoms with Crippen molar-refractivity contribution in [3.63, 3.8) is 0 Å². The number of fused-ring (bicyclic) bond motifs is 1. The van der Waals surface area contributed by atoms with E-state index in [1.54, 1.807) is 0 Å². The smallest absolute Gasteiger partial charge is 0.309 e. The maximum atomic E-state index is 11.8. The minimum absolute atomic E-state index is 0.182. The van der Waals surface area contributed by atoms with Gasteiger partial charge in [-0.3, -0.25) is 14.8 Å². The molecule has 0 aliphatic rings. The first-order chi connectivity index (χ1) is 19.5. The van der Waals surface area contributed by atoms with Gasteiger partial charge in [-0.05, 0) is 48.7 Å². The second kappa shape index (κ2) is 10.6. The second-order valence-corrected chi connectivity index (χ2v) is 9.76. The van der Waals surface area contributed by atoms with Crippen LogP contribution in [0.1, 0.15) is 34.3 Å². The molecule has 1 unspecified atom stereocenters. The number of hydrogen-bond acceptors (Lipinski definition) is 6. The zero-order chi connectivity index (χ0) is 27.6. The fraction of sp³-hybridized carbons (Fsp3) is 0.152. The molecule has 0 saturated carbocycles. The molecule has 0 amide bonds. The van der Waals surface area contributed by atoms with E-state index in [1.807, 2.05) is 80.8 Å². The fourth-order valence-corrected chi connectivity index (χ4v) is 5.27. The molecule has 0 saturated heterocycles. The van der Waals surface area contributed by atoms with Crippen molar-refractivity contribution in [2.45, 2.75) is 26.3 Å². The van der Waals surface area contributed by atoms with Gasteiger partial charge in [0.05, 0.1) is 36.0 Å². The third-order valence-corrected chi connectivity index (χ3v) is 7.19. The van der Waals surface area contributed by atoms with Crippen LogP contribution in [0.25, 0.3) is 33.3 Å². The van der Waals surface area contributed by atoms with Crippen LogP contribution in [-0.4, -0.2) is 32.8 Å². The normalized spacial score (nSPS) is 12.0. The van der Waals surface area contributed by atoms with Crippen LogP contribution in [0.3, 0.4) is 0 Å². The number of hydrogen-bond donors (Lipinski definition) is 0. The third-order valence-electron chi connectivity index (χ3n) is 7.19. The second-order valence-electron chi connectivity index (χ2n) is 9.76. The summed E-state index contributed by atoms with van der Waals surface area (Å²) in [5.41, 5.74) is 9.46. The first kappa shape index (κ1) is 25.2. The molecule has 0 N–H and O–H groups in total. The van der Waals surface area contributed by atoms with E-state index in [4.69, 9.17) is 19.2 Å². The van der Waals surface area contributed by atoms with Crippen molar-refractivity contribution in [1.29, 1.82) is 0 Å². The zero-order valence-corrected chi connectivity index (χ0v) is 22.5. The number of pyridine rings is 2. The van der Waals surface area contributed by atoms with Gasteiger partial charge in [0.2, 0.25) is 0 Å². The number of benzene rings is 2. The predicted molar refractivity (Wildman–Crippen MR) is 154 cm³/mol. The topological polar surface area (TPSA) is 83.0 Å². The summed E-state index contributed by atoms with van der Waals surface area (Å²) in [5.74, 6) is 0.487. The number of rotatable bonds is 7. The average Bonchev–Trinajstić information content (AvgIpc) is 3.53. The molecular weight excluding hydrogens is 500 g/mol. The molecule has 0 bridgehead atoms. The van der Waals surface area contributed by atoms with Crippen molar-refractivity contribution >= 4 is 17.0 Å². The number of carbonyl (C=O) groups is 1. The largest absolute Gasteiger partial charge is 0.469 e. The van der Waals surface area contributed by atoms with Crippen LogP contribution in [0.5, 0.6) is 0 Å². The summed E-state index contributed by atoms with van der Waals surface area (Å²) in [6.45, 7) is 3.86. The molecule has 0 aliphatic heterocycles. The first-order valence-electron chi connectivity index (χ1n) is 13.1. The number of aryl methyl sites for hydroxylation is 2. The lowest BCUT2D eigenvalue weighted by molar-refractivity contribution is -0.139. The predicted octanol–water partition coefficient (Wildman–Crippen LogP) is 6.72. The minimum Gasteiger partial charge on any atom is -0.469 e. The van der Waals surface area contributed by atoms with Crippen molar-refractivity contribution in [3.8, 4) is 22.3 Å². The molecule has 1 atom stereocenters. The molecule has 2 aromatic carbocycles. The molecule has 6 aromatic rings. The molecule has 0 aliphatic carbocycles. The molecule has 7 nitrogen and oxygen atoms in total. The number of ether oxygens (including phenoxy) is 1. The van der Waals surface area contributed by atoms with Gasteiger partial charge >= 0.3 is 5.97 Å². The highest BCUT2D eigenvalue weighted by molar-refractivity contribution is 5.95. The van der Waals surface area contributed by atoms with Crippen LogP contribution in [0.4, 0.5) is 0 Å². The van der Waals surface area contributed by atoms with Crippen LogP contribution < -0.4 is 0 Å².